The molecule has 0 bridgehead atoms. The number of hydrogen-bond acceptors (Lipinski definition) is 2. The van der Waals surface area contributed by atoms with E-state index in [2.05, 4.69) is 6.58 Å². The van der Waals surface area contributed by atoms with Crippen LogP contribution in [0.15, 0.2) is 24.8 Å². The Balaban J connectivity index is 3.18. The monoisotopic (exact) mass is 160 g/mol. The highest BCUT2D eigenvalue weighted by Gasteiger charge is 1.97. The molecule has 0 unspecified atom stereocenters. The summed E-state index contributed by atoms with van der Waals surface area (Å²) in [4.78, 5) is 0. The number of allylic oxidation sites excluding steroid dienone is 1. The molecule has 62 valence electrons. The predicted octanol–water partition coefficient (Wildman–Crippen LogP) is 2.30. The van der Waals surface area contributed by atoms with Crippen LogP contribution in [-0.4, -0.2) is 6.21 Å². The molecule has 0 aliphatic carbocycles. The van der Waals surface area contributed by atoms with Crippen molar-refractivity contribution < 1.29 is 0 Å². The Bertz CT molecular complexity index is 327. The fraction of sp³-hybridized carbons (Fsp3) is 0.100. The first-order valence-electron chi connectivity index (χ1n) is 3.71. The van der Waals surface area contributed by atoms with E-state index < -0.39 is 0 Å². The maximum atomic E-state index is 7.03. The molecule has 0 saturated heterocycles. The summed E-state index contributed by atoms with van der Waals surface area (Å²) in [5.41, 5.74) is 9.07. The van der Waals surface area contributed by atoms with Crippen LogP contribution in [0.2, 0.25) is 0 Å². The van der Waals surface area contributed by atoms with Gasteiger partial charge < -0.3 is 11.1 Å². The summed E-state index contributed by atoms with van der Waals surface area (Å²) in [6, 6.07) is 5.58. The molecule has 2 heteroatoms. The molecule has 1 aromatic rings. The zero-order valence-corrected chi connectivity index (χ0v) is 7.09. The second kappa shape index (κ2) is 3.22. The minimum atomic E-state index is 0.630. The first-order valence-corrected chi connectivity index (χ1v) is 3.71. The summed E-state index contributed by atoms with van der Waals surface area (Å²) in [6.07, 6.45) is 1.25. The fourth-order valence-corrected chi connectivity index (χ4v) is 0.972. The normalized spacial score (nSPS) is 9.42. The van der Waals surface area contributed by atoms with Crippen LogP contribution in [0.5, 0.6) is 0 Å². The number of hydrogen-bond donors (Lipinski definition) is 2. The van der Waals surface area contributed by atoms with Crippen LogP contribution in [0.25, 0.3) is 5.57 Å². The maximum absolute atomic E-state index is 7.03. The summed E-state index contributed by atoms with van der Waals surface area (Å²) in [6.45, 7) is 5.74. The highest BCUT2D eigenvalue weighted by atomic mass is 14.6. The summed E-state index contributed by atoms with van der Waals surface area (Å²) in [7, 11) is 0. The smallest absolute Gasteiger partial charge is 0.0409 e. The van der Waals surface area contributed by atoms with E-state index in [1.54, 1.807) is 0 Å². The van der Waals surface area contributed by atoms with Gasteiger partial charge >= 0.3 is 0 Å². The maximum Gasteiger partial charge on any atom is 0.0409 e. The number of nitrogen functional groups attached to an aromatic ring is 1. The van der Waals surface area contributed by atoms with Gasteiger partial charge in [0.05, 0.1) is 0 Å². The summed E-state index contributed by atoms with van der Waals surface area (Å²) >= 11 is 0. The van der Waals surface area contributed by atoms with E-state index >= 15 is 0 Å². The van der Waals surface area contributed by atoms with Crippen LogP contribution >= 0.6 is 0 Å². The lowest BCUT2D eigenvalue weighted by atomic mass is 10.1. The van der Waals surface area contributed by atoms with Crippen molar-refractivity contribution in [1.29, 1.82) is 5.41 Å². The Morgan fingerprint density at radius 2 is 2.25 bits per heavy atom. The summed E-state index contributed by atoms with van der Waals surface area (Å²) in [5, 5.41) is 7.03. The van der Waals surface area contributed by atoms with Gasteiger partial charge in [-0.3, -0.25) is 0 Å². The molecule has 0 spiro atoms. The Morgan fingerprint density at radius 1 is 1.58 bits per heavy atom. The van der Waals surface area contributed by atoms with Crippen LogP contribution in [0.4, 0.5) is 5.69 Å². The van der Waals surface area contributed by atoms with Gasteiger partial charge in [-0.05, 0) is 18.6 Å². The second-order valence-corrected chi connectivity index (χ2v) is 2.77. The summed E-state index contributed by atoms with van der Waals surface area (Å²) in [5.74, 6) is 0. The van der Waals surface area contributed by atoms with E-state index in [9.17, 15) is 0 Å². The van der Waals surface area contributed by atoms with Gasteiger partial charge in [0, 0.05) is 17.5 Å². The lowest BCUT2D eigenvalue weighted by Crippen LogP contribution is -1.93. The molecule has 3 N–H and O–H groups in total. The third kappa shape index (κ3) is 1.53. The first kappa shape index (κ1) is 8.53. The molecule has 2 nitrogen and oxygen atoms in total. The second-order valence-electron chi connectivity index (χ2n) is 2.77. The molecular formula is C10H12N2. The van der Waals surface area contributed by atoms with Crippen molar-refractivity contribution in [2.45, 2.75) is 6.92 Å². The van der Waals surface area contributed by atoms with Crippen LogP contribution < -0.4 is 5.73 Å². The van der Waals surface area contributed by atoms with Crippen molar-refractivity contribution in [1.82, 2.24) is 0 Å². The molecule has 12 heavy (non-hydrogen) atoms. The molecule has 0 heterocycles. The zero-order chi connectivity index (χ0) is 9.14. The molecule has 1 rings (SSSR count). The average Bonchev–Trinajstić information content (AvgIpc) is 2.04. The van der Waals surface area contributed by atoms with Crippen LogP contribution in [0, 0.1) is 5.41 Å². The van der Waals surface area contributed by atoms with Gasteiger partial charge in [0.1, 0.15) is 0 Å². The van der Waals surface area contributed by atoms with Gasteiger partial charge in [0.25, 0.3) is 0 Å². The highest BCUT2D eigenvalue weighted by molar-refractivity contribution is 5.86. The van der Waals surface area contributed by atoms with Crippen molar-refractivity contribution in [3.63, 3.8) is 0 Å². The average molecular weight is 160 g/mol. The Morgan fingerprint density at radius 3 is 2.67 bits per heavy atom. The van der Waals surface area contributed by atoms with Gasteiger partial charge in [-0.2, -0.15) is 0 Å². The van der Waals surface area contributed by atoms with E-state index in [1.807, 2.05) is 25.1 Å². The van der Waals surface area contributed by atoms with E-state index in [4.69, 9.17) is 11.1 Å². The van der Waals surface area contributed by atoms with E-state index in [-0.39, 0.29) is 0 Å². The van der Waals surface area contributed by atoms with E-state index in [0.717, 1.165) is 16.7 Å². The van der Waals surface area contributed by atoms with Crippen molar-refractivity contribution in [2.24, 2.45) is 0 Å². The minimum absolute atomic E-state index is 0.630. The van der Waals surface area contributed by atoms with Gasteiger partial charge in [-0.1, -0.05) is 24.3 Å². The number of rotatable bonds is 2. The van der Waals surface area contributed by atoms with Crippen molar-refractivity contribution in [2.75, 3.05) is 5.73 Å². The van der Waals surface area contributed by atoms with Crippen molar-refractivity contribution in [3.8, 4) is 0 Å². The molecule has 0 saturated carbocycles. The third-order valence-electron chi connectivity index (χ3n) is 1.74. The number of benzene rings is 1. The molecule has 0 amide bonds. The first-order chi connectivity index (χ1) is 5.65. The van der Waals surface area contributed by atoms with Gasteiger partial charge in [-0.15, -0.1) is 0 Å². The Labute approximate surface area is 72.2 Å². The van der Waals surface area contributed by atoms with Gasteiger partial charge in [-0.25, -0.2) is 0 Å². The lowest BCUT2D eigenvalue weighted by molar-refractivity contribution is 1.51. The molecular weight excluding hydrogens is 148 g/mol. The highest BCUT2D eigenvalue weighted by Crippen LogP contribution is 2.17. The molecule has 0 aliphatic rings. The van der Waals surface area contributed by atoms with E-state index in [1.165, 1.54) is 6.21 Å². The lowest BCUT2D eigenvalue weighted by Gasteiger charge is -2.03. The van der Waals surface area contributed by atoms with Gasteiger partial charge in [0.15, 0.2) is 0 Å². The third-order valence-corrected chi connectivity index (χ3v) is 1.74. The largest absolute Gasteiger partial charge is 0.398 e. The molecule has 0 aromatic heterocycles. The summed E-state index contributed by atoms with van der Waals surface area (Å²) < 4.78 is 0. The van der Waals surface area contributed by atoms with Crippen LogP contribution in [0.3, 0.4) is 0 Å². The predicted molar refractivity (Wildman–Crippen MR) is 53.4 cm³/mol. The fourth-order valence-electron chi connectivity index (χ4n) is 0.972. The molecule has 0 aliphatic heterocycles. The molecule has 0 radical (unpaired) electrons. The number of nitrogens with one attached hydrogen (secondary N) is 1. The molecule has 1 aromatic carbocycles. The van der Waals surface area contributed by atoms with E-state index in [0.29, 0.717) is 5.69 Å². The van der Waals surface area contributed by atoms with Crippen LogP contribution in [-0.2, 0) is 0 Å². The Hall–Kier alpha value is -1.57. The van der Waals surface area contributed by atoms with Crippen molar-refractivity contribution >= 4 is 17.5 Å². The molecule has 0 fully saturated rings. The quantitative estimate of drug-likeness (QED) is 0.506. The van der Waals surface area contributed by atoms with Crippen molar-refractivity contribution in [3.05, 3.63) is 35.9 Å². The number of anilines is 1. The van der Waals surface area contributed by atoms with Crippen LogP contribution in [0.1, 0.15) is 18.1 Å². The Kier molecular flexibility index (Phi) is 2.29. The zero-order valence-electron chi connectivity index (χ0n) is 7.09. The van der Waals surface area contributed by atoms with Gasteiger partial charge in [0.2, 0.25) is 0 Å². The number of nitrogens with two attached hydrogens (primary N) is 1. The topological polar surface area (TPSA) is 49.9 Å². The SMILES string of the molecule is C=C(C)c1ccc(C=N)c(N)c1. The molecule has 0 atom stereocenters. The standard InChI is InChI=1S/C10H12N2/c1-7(2)8-3-4-9(6-11)10(12)5-8/h3-6,11H,1,12H2,2H3. The minimum Gasteiger partial charge on any atom is -0.398 e.